The predicted molar refractivity (Wildman–Crippen MR) is 66.2 cm³/mol. The lowest BCUT2D eigenvalue weighted by Gasteiger charge is -2.23. The van der Waals surface area contributed by atoms with Crippen molar-refractivity contribution in [3.8, 4) is 6.07 Å². The quantitative estimate of drug-likeness (QED) is 0.890. The van der Waals surface area contributed by atoms with Gasteiger partial charge in [0.2, 0.25) is 0 Å². The molecule has 0 unspecified atom stereocenters. The summed E-state index contributed by atoms with van der Waals surface area (Å²) in [5.74, 6) is -0.493. The molecule has 1 aliphatic carbocycles. The van der Waals surface area contributed by atoms with Crippen LogP contribution < -0.4 is 5.73 Å². The molecule has 0 heterocycles. The van der Waals surface area contributed by atoms with Crippen LogP contribution in [0.2, 0.25) is 0 Å². The number of nitrogens with zero attached hydrogens (tertiary/aromatic N) is 1. The van der Waals surface area contributed by atoms with Crippen LogP contribution in [-0.4, -0.2) is 12.1 Å². The molecule has 1 aromatic carbocycles. The average Bonchev–Trinajstić information content (AvgIpc) is 2.78. The molecule has 1 aliphatic rings. The summed E-state index contributed by atoms with van der Waals surface area (Å²) in [7, 11) is 0. The first-order chi connectivity index (χ1) is 8.63. The predicted octanol–water partition coefficient (Wildman–Crippen LogP) is 2.49. The molecular weight excluding hydrogens is 231 g/mol. The van der Waals surface area contributed by atoms with Gasteiger partial charge in [-0.05, 0) is 30.5 Å². The molecule has 0 atom stereocenters. The van der Waals surface area contributed by atoms with Gasteiger partial charge in [0.05, 0.1) is 18.8 Å². The molecule has 0 amide bonds. The number of rotatable bonds is 4. The molecule has 0 saturated heterocycles. The zero-order valence-corrected chi connectivity index (χ0v) is 10.3. The molecule has 1 saturated carbocycles. The molecule has 4 heteroatoms. The largest absolute Gasteiger partial charge is 0.375 e. The maximum absolute atomic E-state index is 13.1. The van der Waals surface area contributed by atoms with Crippen LogP contribution in [0.15, 0.2) is 18.2 Å². The van der Waals surface area contributed by atoms with Gasteiger partial charge in [-0.3, -0.25) is 0 Å². The van der Waals surface area contributed by atoms with E-state index >= 15 is 0 Å². The molecule has 1 aromatic rings. The highest BCUT2D eigenvalue weighted by molar-refractivity contribution is 5.34. The van der Waals surface area contributed by atoms with Gasteiger partial charge >= 0.3 is 0 Å². The van der Waals surface area contributed by atoms with E-state index in [9.17, 15) is 4.39 Å². The Labute approximate surface area is 106 Å². The van der Waals surface area contributed by atoms with Crippen LogP contribution >= 0.6 is 0 Å². The third-order valence-electron chi connectivity index (χ3n) is 3.41. The Hall–Kier alpha value is -1.44. The zero-order valence-electron chi connectivity index (χ0n) is 10.3. The van der Waals surface area contributed by atoms with Crippen molar-refractivity contribution in [3.63, 3.8) is 0 Å². The number of benzene rings is 1. The second-order valence-electron chi connectivity index (χ2n) is 4.99. The Bertz CT molecular complexity index is 461. The number of ether oxygens (including phenoxy) is 1. The highest BCUT2D eigenvalue weighted by atomic mass is 19.1. The summed E-state index contributed by atoms with van der Waals surface area (Å²) in [5.41, 5.74) is 6.83. The van der Waals surface area contributed by atoms with Crippen LogP contribution in [-0.2, 0) is 11.3 Å². The fraction of sp³-hybridized carbons (Fsp3) is 0.500. The van der Waals surface area contributed by atoms with E-state index in [4.69, 9.17) is 15.7 Å². The molecule has 0 bridgehead atoms. The van der Waals surface area contributed by atoms with E-state index in [1.165, 1.54) is 12.1 Å². The molecular formula is C14H17FN2O. The minimum Gasteiger partial charge on any atom is -0.375 e. The average molecular weight is 248 g/mol. The fourth-order valence-electron chi connectivity index (χ4n) is 2.34. The van der Waals surface area contributed by atoms with Gasteiger partial charge in [-0.1, -0.05) is 18.9 Å². The molecule has 0 aliphatic heterocycles. The molecule has 96 valence electrons. The van der Waals surface area contributed by atoms with Crippen molar-refractivity contribution < 1.29 is 9.13 Å². The van der Waals surface area contributed by atoms with E-state index < -0.39 is 5.82 Å². The summed E-state index contributed by atoms with van der Waals surface area (Å²) >= 11 is 0. The van der Waals surface area contributed by atoms with Crippen LogP contribution in [0.1, 0.15) is 36.8 Å². The topological polar surface area (TPSA) is 59.0 Å². The molecule has 2 rings (SSSR count). The van der Waals surface area contributed by atoms with Crippen LogP contribution in [0.5, 0.6) is 0 Å². The lowest BCUT2D eigenvalue weighted by molar-refractivity contribution is 0.0750. The maximum atomic E-state index is 13.1. The molecule has 2 N–H and O–H groups in total. The Kier molecular flexibility index (Phi) is 3.95. The summed E-state index contributed by atoms with van der Waals surface area (Å²) in [6.07, 6.45) is 4.32. The standard InChI is InChI=1S/C14H17FN2O/c15-13-4-3-11(7-12(13)8-16)9-18-10-14(17)5-1-2-6-14/h3-4,7H,1-2,5-6,9-10,17H2. The SMILES string of the molecule is N#Cc1cc(COCC2(N)CCCC2)ccc1F. The van der Waals surface area contributed by atoms with Gasteiger partial charge in [-0.25, -0.2) is 4.39 Å². The molecule has 0 radical (unpaired) electrons. The zero-order chi connectivity index (χ0) is 13.0. The number of nitriles is 1. The van der Waals surface area contributed by atoms with Crippen molar-refractivity contribution in [2.75, 3.05) is 6.61 Å². The van der Waals surface area contributed by atoms with E-state index in [1.54, 1.807) is 6.07 Å². The van der Waals surface area contributed by atoms with Gasteiger partial charge in [0.25, 0.3) is 0 Å². The molecule has 3 nitrogen and oxygen atoms in total. The van der Waals surface area contributed by atoms with E-state index in [0.29, 0.717) is 13.2 Å². The lowest BCUT2D eigenvalue weighted by atomic mass is 10.0. The third-order valence-corrected chi connectivity index (χ3v) is 3.41. The summed E-state index contributed by atoms with van der Waals surface area (Å²) in [5, 5.41) is 8.73. The Morgan fingerprint density at radius 2 is 2.11 bits per heavy atom. The number of hydrogen-bond acceptors (Lipinski definition) is 3. The Balaban J connectivity index is 1.89. The fourth-order valence-corrected chi connectivity index (χ4v) is 2.34. The van der Waals surface area contributed by atoms with E-state index in [0.717, 1.165) is 31.2 Å². The maximum Gasteiger partial charge on any atom is 0.140 e. The van der Waals surface area contributed by atoms with Crippen LogP contribution in [0.4, 0.5) is 4.39 Å². The first-order valence-electron chi connectivity index (χ1n) is 6.18. The van der Waals surface area contributed by atoms with Crippen molar-refractivity contribution in [1.82, 2.24) is 0 Å². The molecule has 0 spiro atoms. The van der Waals surface area contributed by atoms with Crippen LogP contribution in [0.25, 0.3) is 0 Å². The first-order valence-corrected chi connectivity index (χ1v) is 6.18. The van der Waals surface area contributed by atoms with Gasteiger partial charge in [0.1, 0.15) is 11.9 Å². The second-order valence-corrected chi connectivity index (χ2v) is 4.99. The Morgan fingerprint density at radius 1 is 1.39 bits per heavy atom. The monoisotopic (exact) mass is 248 g/mol. The van der Waals surface area contributed by atoms with Crippen molar-refractivity contribution in [1.29, 1.82) is 5.26 Å². The Morgan fingerprint density at radius 3 is 2.78 bits per heavy atom. The normalized spacial score (nSPS) is 17.6. The van der Waals surface area contributed by atoms with Crippen molar-refractivity contribution in [3.05, 3.63) is 35.1 Å². The third kappa shape index (κ3) is 3.06. The van der Waals surface area contributed by atoms with Crippen molar-refractivity contribution in [2.45, 2.75) is 37.8 Å². The van der Waals surface area contributed by atoms with E-state index in [-0.39, 0.29) is 11.1 Å². The smallest absolute Gasteiger partial charge is 0.140 e. The highest BCUT2D eigenvalue weighted by Gasteiger charge is 2.29. The first kappa shape index (κ1) is 13.0. The van der Waals surface area contributed by atoms with Crippen molar-refractivity contribution in [2.24, 2.45) is 5.73 Å². The van der Waals surface area contributed by atoms with Gasteiger partial charge in [-0.2, -0.15) is 5.26 Å². The van der Waals surface area contributed by atoms with Crippen LogP contribution in [0.3, 0.4) is 0 Å². The van der Waals surface area contributed by atoms with E-state index in [1.807, 2.05) is 6.07 Å². The summed E-state index contributed by atoms with van der Waals surface area (Å²) in [4.78, 5) is 0. The van der Waals surface area contributed by atoms with Gasteiger partial charge in [0.15, 0.2) is 0 Å². The number of halogens is 1. The summed E-state index contributed by atoms with van der Waals surface area (Å²) in [6, 6.07) is 6.27. The number of nitrogens with two attached hydrogens (primary N) is 1. The van der Waals surface area contributed by atoms with Gasteiger partial charge in [-0.15, -0.1) is 0 Å². The highest BCUT2D eigenvalue weighted by Crippen LogP contribution is 2.27. The second kappa shape index (κ2) is 5.47. The molecule has 0 aromatic heterocycles. The summed E-state index contributed by atoms with van der Waals surface area (Å²) in [6.45, 7) is 0.889. The van der Waals surface area contributed by atoms with Crippen LogP contribution in [0, 0.1) is 17.1 Å². The molecule has 1 fully saturated rings. The number of hydrogen-bond donors (Lipinski definition) is 1. The van der Waals surface area contributed by atoms with Gasteiger partial charge < -0.3 is 10.5 Å². The molecule has 18 heavy (non-hydrogen) atoms. The van der Waals surface area contributed by atoms with Crippen molar-refractivity contribution >= 4 is 0 Å². The minimum absolute atomic E-state index is 0.0550. The van der Waals surface area contributed by atoms with E-state index in [2.05, 4.69) is 0 Å². The lowest BCUT2D eigenvalue weighted by Crippen LogP contribution is -2.41. The van der Waals surface area contributed by atoms with Gasteiger partial charge in [0, 0.05) is 5.54 Å². The summed E-state index contributed by atoms with van der Waals surface area (Å²) < 4.78 is 18.7. The minimum atomic E-state index is -0.493.